The highest BCUT2D eigenvalue weighted by Crippen LogP contribution is 2.37. The summed E-state index contributed by atoms with van der Waals surface area (Å²) in [5.41, 5.74) is 0.708. The minimum absolute atomic E-state index is 0.586. The molecule has 0 aliphatic carbocycles. The lowest BCUT2D eigenvalue weighted by Crippen LogP contribution is -2.01. The van der Waals surface area contributed by atoms with E-state index in [-0.39, 0.29) is 0 Å². The lowest BCUT2D eigenvalue weighted by molar-refractivity contribution is 0.218. The van der Waals surface area contributed by atoms with Gasteiger partial charge in [0.1, 0.15) is 11.9 Å². The number of hydrogen-bond acceptors (Lipinski definition) is 3. The van der Waals surface area contributed by atoms with Crippen molar-refractivity contribution in [3.63, 3.8) is 0 Å². The topological polar surface area (TPSA) is 29.5 Å². The second kappa shape index (κ2) is 5.40. The number of halogens is 2. The van der Waals surface area contributed by atoms with Crippen LogP contribution in [0.3, 0.4) is 0 Å². The van der Waals surface area contributed by atoms with Crippen molar-refractivity contribution in [1.82, 2.24) is 0 Å². The highest BCUT2D eigenvalue weighted by atomic mass is 79.9. The molecule has 1 heterocycles. The maximum absolute atomic E-state index is 10.3. The van der Waals surface area contributed by atoms with Crippen molar-refractivity contribution in [3.8, 4) is 5.75 Å². The van der Waals surface area contributed by atoms with E-state index in [9.17, 15) is 5.11 Å². The van der Waals surface area contributed by atoms with Crippen molar-refractivity contribution < 1.29 is 9.84 Å². The van der Waals surface area contributed by atoms with E-state index in [0.29, 0.717) is 16.3 Å². The molecule has 0 bridgehead atoms. The molecule has 1 N–H and O–H groups in total. The van der Waals surface area contributed by atoms with Gasteiger partial charge < -0.3 is 9.84 Å². The van der Waals surface area contributed by atoms with Gasteiger partial charge in [-0.3, -0.25) is 0 Å². The zero-order valence-electron chi connectivity index (χ0n) is 8.98. The Balaban J connectivity index is 2.44. The number of methoxy groups -OCH3 is 1. The van der Waals surface area contributed by atoms with Gasteiger partial charge in [0.25, 0.3) is 0 Å². The molecule has 1 aromatic carbocycles. The van der Waals surface area contributed by atoms with Gasteiger partial charge in [0.15, 0.2) is 0 Å². The van der Waals surface area contributed by atoms with Crippen LogP contribution in [0.15, 0.2) is 34.1 Å². The van der Waals surface area contributed by atoms with Crippen molar-refractivity contribution in [3.05, 3.63) is 49.6 Å². The van der Waals surface area contributed by atoms with Crippen LogP contribution in [0.4, 0.5) is 0 Å². The molecular weight excluding hydrogens is 324 g/mol. The van der Waals surface area contributed by atoms with Gasteiger partial charge in [0.2, 0.25) is 0 Å². The summed E-state index contributed by atoms with van der Waals surface area (Å²) in [5.74, 6) is 0.588. The summed E-state index contributed by atoms with van der Waals surface area (Å²) >= 11 is 10.8. The number of thiophene rings is 1. The molecule has 90 valence electrons. The third kappa shape index (κ3) is 2.65. The molecule has 1 atom stereocenters. The van der Waals surface area contributed by atoms with Crippen LogP contribution in [0.1, 0.15) is 16.5 Å². The average molecular weight is 334 g/mol. The molecule has 0 spiro atoms. The maximum atomic E-state index is 10.3. The summed E-state index contributed by atoms with van der Waals surface area (Å²) in [7, 11) is 1.56. The van der Waals surface area contributed by atoms with Crippen LogP contribution in [0.2, 0.25) is 5.02 Å². The molecule has 5 heteroatoms. The standard InChI is InChI=1S/C12H10BrClO2S/c1-16-10-6-7(14)2-3-8(10)11(15)12-9(13)4-5-17-12/h2-6,11,15H,1H3. The predicted molar refractivity (Wildman–Crippen MR) is 74.1 cm³/mol. The average Bonchev–Trinajstić information content (AvgIpc) is 2.74. The molecule has 0 saturated carbocycles. The molecule has 1 unspecified atom stereocenters. The molecule has 0 amide bonds. The predicted octanol–water partition coefficient (Wildman–Crippen LogP) is 4.25. The van der Waals surface area contributed by atoms with E-state index in [4.69, 9.17) is 16.3 Å². The Hall–Kier alpha value is -0.550. The molecule has 2 aromatic rings. The third-order valence-corrected chi connectivity index (χ3v) is 4.54. The lowest BCUT2D eigenvalue weighted by atomic mass is 10.1. The van der Waals surface area contributed by atoms with Crippen molar-refractivity contribution in [2.45, 2.75) is 6.10 Å². The first-order chi connectivity index (χ1) is 8.13. The molecule has 0 aliphatic heterocycles. The van der Waals surface area contributed by atoms with Crippen LogP contribution >= 0.6 is 38.9 Å². The number of aliphatic hydroxyl groups excluding tert-OH is 1. The number of ether oxygens (including phenoxy) is 1. The van der Waals surface area contributed by atoms with Gasteiger partial charge in [0.05, 0.1) is 12.0 Å². The first-order valence-corrected chi connectivity index (χ1v) is 6.93. The SMILES string of the molecule is COc1cc(Cl)ccc1C(O)c1sccc1Br. The smallest absolute Gasteiger partial charge is 0.126 e. The fourth-order valence-electron chi connectivity index (χ4n) is 1.55. The van der Waals surface area contributed by atoms with Gasteiger partial charge in [-0.1, -0.05) is 17.7 Å². The van der Waals surface area contributed by atoms with Crippen molar-refractivity contribution in [1.29, 1.82) is 0 Å². The second-order valence-corrected chi connectivity index (χ2v) is 5.66. The number of rotatable bonds is 3. The normalized spacial score (nSPS) is 12.5. The Bertz CT molecular complexity index is 527. The molecule has 2 nitrogen and oxygen atoms in total. The van der Waals surface area contributed by atoms with Gasteiger partial charge in [0, 0.05) is 15.1 Å². The van der Waals surface area contributed by atoms with E-state index in [1.54, 1.807) is 25.3 Å². The Kier molecular flexibility index (Phi) is 4.09. The maximum Gasteiger partial charge on any atom is 0.126 e. The van der Waals surface area contributed by atoms with Gasteiger partial charge in [-0.25, -0.2) is 0 Å². The zero-order chi connectivity index (χ0) is 12.4. The summed E-state index contributed by atoms with van der Waals surface area (Å²) < 4.78 is 6.13. The molecule has 0 fully saturated rings. The van der Waals surface area contributed by atoms with E-state index in [1.807, 2.05) is 11.4 Å². The fourth-order valence-corrected chi connectivity index (χ4v) is 3.31. The number of hydrogen-bond donors (Lipinski definition) is 1. The Labute approximate surface area is 117 Å². The van der Waals surface area contributed by atoms with Crippen LogP contribution < -0.4 is 4.74 Å². The van der Waals surface area contributed by atoms with Crippen LogP contribution in [0.5, 0.6) is 5.75 Å². The van der Waals surface area contributed by atoms with Crippen molar-refractivity contribution >= 4 is 38.9 Å². The molecule has 0 radical (unpaired) electrons. The Morgan fingerprint density at radius 2 is 2.18 bits per heavy atom. The Morgan fingerprint density at radius 1 is 1.41 bits per heavy atom. The lowest BCUT2D eigenvalue weighted by Gasteiger charge is -2.14. The molecule has 0 aliphatic rings. The van der Waals surface area contributed by atoms with Crippen LogP contribution in [0, 0.1) is 0 Å². The first kappa shape index (κ1) is 12.9. The summed E-state index contributed by atoms with van der Waals surface area (Å²) in [5, 5.41) is 12.8. The highest BCUT2D eigenvalue weighted by Gasteiger charge is 2.19. The Morgan fingerprint density at radius 3 is 2.76 bits per heavy atom. The highest BCUT2D eigenvalue weighted by molar-refractivity contribution is 9.10. The molecule has 1 aromatic heterocycles. The first-order valence-electron chi connectivity index (χ1n) is 4.88. The molecule has 2 rings (SSSR count). The molecule has 17 heavy (non-hydrogen) atoms. The monoisotopic (exact) mass is 332 g/mol. The van der Waals surface area contributed by atoms with Crippen LogP contribution in [-0.2, 0) is 0 Å². The zero-order valence-corrected chi connectivity index (χ0v) is 12.1. The van der Waals surface area contributed by atoms with Crippen molar-refractivity contribution in [2.75, 3.05) is 7.11 Å². The van der Waals surface area contributed by atoms with Gasteiger partial charge in [-0.15, -0.1) is 11.3 Å². The largest absolute Gasteiger partial charge is 0.496 e. The van der Waals surface area contributed by atoms with E-state index in [0.717, 1.165) is 9.35 Å². The number of aliphatic hydroxyl groups is 1. The summed E-state index contributed by atoms with van der Waals surface area (Å²) in [6.45, 7) is 0. The van der Waals surface area contributed by atoms with E-state index in [1.165, 1.54) is 11.3 Å². The van der Waals surface area contributed by atoms with Crippen molar-refractivity contribution in [2.24, 2.45) is 0 Å². The molecular formula is C12H10BrClO2S. The minimum atomic E-state index is -0.711. The van der Waals surface area contributed by atoms with Gasteiger partial charge >= 0.3 is 0 Å². The van der Waals surface area contributed by atoms with Crippen LogP contribution in [-0.4, -0.2) is 12.2 Å². The van der Waals surface area contributed by atoms with E-state index in [2.05, 4.69) is 15.9 Å². The summed E-state index contributed by atoms with van der Waals surface area (Å²) in [6.07, 6.45) is -0.711. The van der Waals surface area contributed by atoms with E-state index >= 15 is 0 Å². The third-order valence-electron chi connectivity index (χ3n) is 2.38. The van der Waals surface area contributed by atoms with Gasteiger partial charge in [-0.2, -0.15) is 0 Å². The summed E-state index contributed by atoms with van der Waals surface area (Å²) in [4.78, 5) is 0.852. The quantitative estimate of drug-likeness (QED) is 0.909. The van der Waals surface area contributed by atoms with Crippen LogP contribution in [0.25, 0.3) is 0 Å². The molecule has 0 saturated heterocycles. The second-order valence-electron chi connectivity index (χ2n) is 3.42. The van der Waals surface area contributed by atoms with Gasteiger partial charge in [-0.05, 0) is 39.5 Å². The minimum Gasteiger partial charge on any atom is -0.496 e. The number of benzene rings is 1. The fraction of sp³-hybridized carbons (Fsp3) is 0.167. The van der Waals surface area contributed by atoms with E-state index < -0.39 is 6.10 Å². The summed E-state index contributed by atoms with van der Waals surface area (Å²) in [6, 6.07) is 7.12.